The molecule has 3 aromatic carbocycles. The van der Waals surface area contributed by atoms with Crippen LogP contribution in [0.2, 0.25) is 0 Å². The summed E-state index contributed by atoms with van der Waals surface area (Å²) in [5, 5.41) is 0. The lowest BCUT2D eigenvalue weighted by Gasteiger charge is -2.08. The van der Waals surface area contributed by atoms with E-state index in [4.69, 9.17) is 9.15 Å². The minimum atomic E-state index is 0.564. The molecule has 1 aromatic heterocycles. The summed E-state index contributed by atoms with van der Waals surface area (Å²) in [4.78, 5) is 4.57. The molecule has 4 aromatic rings. The summed E-state index contributed by atoms with van der Waals surface area (Å²) >= 11 is 0. The molecule has 0 radical (unpaired) electrons. The molecule has 0 saturated carbocycles. The molecule has 0 unspecified atom stereocenters. The van der Waals surface area contributed by atoms with E-state index in [1.165, 1.54) is 16.7 Å². The van der Waals surface area contributed by atoms with Crippen LogP contribution in [0, 0.1) is 13.8 Å². The lowest BCUT2D eigenvalue weighted by Crippen LogP contribution is -1.97. The first kappa shape index (κ1) is 15.5. The van der Waals surface area contributed by atoms with Gasteiger partial charge in [-0.25, -0.2) is 4.98 Å². The molecule has 0 spiro atoms. The molecule has 0 aliphatic carbocycles. The SMILES string of the molecule is Cc1ccc2oc(-c3ccc(OCc4ccccc4C)cc3)nc2c1. The maximum absolute atomic E-state index is 5.89. The number of hydrogen-bond donors (Lipinski definition) is 0. The summed E-state index contributed by atoms with van der Waals surface area (Å²) in [5.41, 5.74) is 6.24. The van der Waals surface area contributed by atoms with Crippen LogP contribution >= 0.6 is 0 Å². The number of rotatable bonds is 4. The first-order valence-electron chi connectivity index (χ1n) is 8.34. The lowest BCUT2D eigenvalue weighted by molar-refractivity contribution is 0.305. The van der Waals surface area contributed by atoms with Crippen molar-refractivity contribution in [1.29, 1.82) is 0 Å². The number of aromatic nitrogens is 1. The van der Waals surface area contributed by atoms with Crippen LogP contribution in [0.3, 0.4) is 0 Å². The highest BCUT2D eigenvalue weighted by molar-refractivity contribution is 5.76. The molecule has 1 heterocycles. The van der Waals surface area contributed by atoms with E-state index in [0.29, 0.717) is 12.5 Å². The topological polar surface area (TPSA) is 35.3 Å². The van der Waals surface area contributed by atoms with Gasteiger partial charge in [-0.05, 0) is 66.9 Å². The van der Waals surface area contributed by atoms with Crippen molar-refractivity contribution >= 4 is 11.1 Å². The number of hydrogen-bond acceptors (Lipinski definition) is 3. The highest BCUT2D eigenvalue weighted by atomic mass is 16.5. The van der Waals surface area contributed by atoms with E-state index in [1.807, 2.05) is 61.5 Å². The predicted octanol–water partition coefficient (Wildman–Crippen LogP) is 5.69. The first-order valence-corrected chi connectivity index (χ1v) is 8.34. The highest BCUT2D eigenvalue weighted by Gasteiger charge is 2.08. The highest BCUT2D eigenvalue weighted by Crippen LogP contribution is 2.26. The van der Waals surface area contributed by atoms with E-state index >= 15 is 0 Å². The van der Waals surface area contributed by atoms with Crippen LogP contribution in [0.15, 0.2) is 71.1 Å². The Kier molecular flexibility index (Phi) is 3.98. The summed E-state index contributed by atoms with van der Waals surface area (Å²) in [7, 11) is 0. The molecule has 0 aliphatic heterocycles. The number of nitrogens with zero attached hydrogens (tertiary/aromatic N) is 1. The van der Waals surface area contributed by atoms with Crippen LogP contribution in [-0.4, -0.2) is 4.98 Å². The van der Waals surface area contributed by atoms with Gasteiger partial charge in [0.15, 0.2) is 5.58 Å². The third-order valence-electron chi connectivity index (χ3n) is 4.30. The zero-order valence-electron chi connectivity index (χ0n) is 14.3. The largest absolute Gasteiger partial charge is 0.489 e. The van der Waals surface area contributed by atoms with Crippen molar-refractivity contribution in [3.63, 3.8) is 0 Å². The molecule has 25 heavy (non-hydrogen) atoms. The molecule has 0 amide bonds. The average Bonchev–Trinajstić information content (AvgIpc) is 3.04. The van der Waals surface area contributed by atoms with Gasteiger partial charge in [0.05, 0.1) is 0 Å². The normalized spacial score (nSPS) is 11.0. The molecule has 0 bridgehead atoms. The molecule has 0 fully saturated rings. The average molecular weight is 329 g/mol. The van der Waals surface area contributed by atoms with Gasteiger partial charge in [0.25, 0.3) is 0 Å². The minimum absolute atomic E-state index is 0.564. The number of aryl methyl sites for hydroxylation is 2. The van der Waals surface area contributed by atoms with Crippen molar-refractivity contribution in [2.45, 2.75) is 20.5 Å². The van der Waals surface area contributed by atoms with Gasteiger partial charge in [0.2, 0.25) is 5.89 Å². The fourth-order valence-electron chi connectivity index (χ4n) is 2.79. The van der Waals surface area contributed by atoms with Gasteiger partial charge in [-0.15, -0.1) is 0 Å². The van der Waals surface area contributed by atoms with Gasteiger partial charge in [-0.1, -0.05) is 30.3 Å². The molecular formula is C22H19NO2. The summed E-state index contributed by atoms with van der Waals surface area (Å²) in [6.45, 7) is 4.71. The third kappa shape index (κ3) is 3.26. The maximum atomic E-state index is 5.89. The van der Waals surface area contributed by atoms with Gasteiger partial charge in [0.1, 0.15) is 17.9 Å². The van der Waals surface area contributed by atoms with Gasteiger partial charge in [-0.3, -0.25) is 0 Å². The predicted molar refractivity (Wildman–Crippen MR) is 99.7 cm³/mol. The fraction of sp³-hybridized carbons (Fsp3) is 0.136. The molecule has 0 N–H and O–H groups in total. The number of ether oxygens (including phenoxy) is 1. The quantitative estimate of drug-likeness (QED) is 0.482. The smallest absolute Gasteiger partial charge is 0.227 e. The molecule has 0 saturated heterocycles. The molecule has 4 rings (SSSR count). The summed E-state index contributed by atoms with van der Waals surface area (Å²) in [5.74, 6) is 1.46. The Hall–Kier alpha value is -3.07. The van der Waals surface area contributed by atoms with Crippen LogP contribution in [0.4, 0.5) is 0 Å². The molecule has 3 heteroatoms. The summed E-state index contributed by atoms with van der Waals surface area (Å²) < 4.78 is 11.7. The number of fused-ring (bicyclic) bond motifs is 1. The van der Waals surface area contributed by atoms with Gasteiger partial charge in [0, 0.05) is 5.56 Å². The molecular weight excluding hydrogens is 310 g/mol. The van der Waals surface area contributed by atoms with Crippen LogP contribution in [0.1, 0.15) is 16.7 Å². The fourth-order valence-corrected chi connectivity index (χ4v) is 2.79. The summed E-state index contributed by atoms with van der Waals surface area (Å²) in [6, 6.07) is 22.1. The Morgan fingerprint density at radius 3 is 2.52 bits per heavy atom. The minimum Gasteiger partial charge on any atom is -0.489 e. The molecule has 0 atom stereocenters. The van der Waals surface area contributed by atoms with Crippen molar-refractivity contribution in [3.05, 3.63) is 83.4 Å². The zero-order chi connectivity index (χ0) is 17.2. The van der Waals surface area contributed by atoms with E-state index in [2.05, 4.69) is 24.0 Å². The Morgan fingerprint density at radius 1 is 0.920 bits per heavy atom. The van der Waals surface area contributed by atoms with E-state index in [1.54, 1.807) is 0 Å². The Labute approximate surface area is 146 Å². The Bertz CT molecular complexity index is 1020. The second-order valence-electron chi connectivity index (χ2n) is 6.23. The summed E-state index contributed by atoms with van der Waals surface area (Å²) in [6.07, 6.45) is 0. The van der Waals surface area contributed by atoms with E-state index in [9.17, 15) is 0 Å². The zero-order valence-corrected chi connectivity index (χ0v) is 14.3. The van der Waals surface area contributed by atoms with Crippen molar-refractivity contribution in [2.24, 2.45) is 0 Å². The van der Waals surface area contributed by atoms with Crippen LogP contribution in [0.25, 0.3) is 22.6 Å². The lowest BCUT2D eigenvalue weighted by atomic mass is 10.1. The van der Waals surface area contributed by atoms with E-state index in [0.717, 1.165) is 22.4 Å². The van der Waals surface area contributed by atoms with Crippen molar-refractivity contribution in [3.8, 4) is 17.2 Å². The van der Waals surface area contributed by atoms with E-state index in [-0.39, 0.29) is 0 Å². The van der Waals surface area contributed by atoms with Crippen molar-refractivity contribution in [2.75, 3.05) is 0 Å². The Balaban J connectivity index is 1.52. The molecule has 0 aliphatic rings. The van der Waals surface area contributed by atoms with Gasteiger partial charge >= 0.3 is 0 Å². The molecule has 3 nitrogen and oxygen atoms in total. The maximum Gasteiger partial charge on any atom is 0.227 e. The third-order valence-corrected chi connectivity index (χ3v) is 4.30. The Morgan fingerprint density at radius 2 is 1.72 bits per heavy atom. The van der Waals surface area contributed by atoms with Crippen LogP contribution < -0.4 is 4.74 Å². The van der Waals surface area contributed by atoms with Crippen molar-refractivity contribution < 1.29 is 9.15 Å². The van der Waals surface area contributed by atoms with Crippen LogP contribution in [0.5, 0.6) is 5.75 Å². The monoisotopic (exact) mass is 329 g/mol. The molecule has 124 valence electrons. The second kappa shape index (κ2) is 6.44. The van der Waals surface area contributed by atoms with E-state index < -0.39 is 0 Å². The number of benzene rings is 3. The second-order valence-corrected chi connectivity index (χ2v) is 6.23. The van der Waals surface area contributed by atoms with Gasteiger partial charge in [-0.2, -0.15) is 0 Å². The van der Waals surface area contributed by atoms with Gasteiger partial charge < -0.3 is 9.15 Å². The first-order chi connectivity index (χ1) is 12.2. The van der Waals surface area contributed by atoms with Crippen molar-refractivity contribution in [1.82, 2.24) is 4.98 Å². The van der Waals surface area contributed by atoms with Crippen LogP contribution in [-0.2, 0) is 6.61 Å². The number of oxazole rings is 1. The standard InChI is InChI=1S/C22H19NO2/c1-15-7-12-21-20(13-15)23-22(25-21)17-8-10-19(11-9-17)24-14-18-6-4-3-5-16(18)2/h3-13H,14H2,1-2H3.